The molecule has 1 nitrogen and oxygen atoms in total. The Balaban J connectivity index is 2.20. The Morgan fingerprint density at radius 3 is 3.25 bits per heavy atom. The van der Waals surface area contributed by atoms with Crippen molar-refractivity contribution >= 4 is 17.4 Å². The van der Waals surface area contributed by atoms with E-state index in [1.807, 2.05) is 23.6 Å². The summed E-state index contributed by atoms with van der Waals surface area (Å²) in [6.07, 6.45) is 9.00. The van der Waals surface area contributed by atoms with Crippen molar-refractivity contribution in [1.29, 1.82) is 0 Å². The molecule has 1 rings (SSSR count). The van der Waals surface area contributed by atoms with Gasteiger partial charge in [-0.15, -0.1) is 17.8 Å². The summed E-state index contributed by atoms with van der Waals surface area (Å²) < 4.78 is 5.06. The average molecular weight is 178 g/mol. The van der Waals surface area contributed by atoms with Crippen LogP contribution in [-0.4, -0.2) is 13.2 Å². The van der Waals surface area contributed by atoms with E-state index in [9.17, 15) is 0 Å². The predicted molar refractivity (Wildman–Crippen MR) is 53.0 cm³/mol. The molecule has 1 aromatic rings. The molecule has 62 valence electrons. The first-order chi connectivity index (χ1) is 5.93. The number of hydrogen-bond acceptors (Lipinski definition) is 2. The number of terminal acetylenes is 1. The second kappa shape index (κ2) is 5.59. The van der Waals surface area contributed by atoms with Crippen molar-refractivity contribution in [2.45, 2.75) is 0 Å². The summed E-state index contributed by atoms with van der Waals surface area (Å²) >= 11 is 1.70. The zero-order chi connectivity index (χ0) is 8.65. The van der Waals surface area contributed by atoms with E-state index in [-0.39, 0.29) is 0 Å². The molecule has 0 aromatic carbocycles. The lowest BCUT2D eigenvalue weighted by Gasteiger charge is -1.90. The summed E-state index contributed by atoms with van der Waals surface area (Å²) in [5.41, 5.74) is 0. The molecule has 1 aromatic heterocycles. The second-order valence-corrected chi connectivity index (χ2v) is 3.12. The van der Waals surface area contributed by atoms with Crippen LogP contribution >= 0.6 is 11.3 Å². The van der Waals surface area contributed by atoms with Crippen LogP contribution in [0.2, 0.25) is 0 Å². The highest BCUT2D eigenvalue weighted by Gasteiger charge is 1.84. The lowest BCUT2D eigenvalue weighted by atomic mass is 10.4. The molecule has 1 heterocycles. The first-order valence-electron chi connectivity index (χ1n) is 3.65. The van der Waals surface area contributed by atoms with Gasteiger partial charge in [0.2, 0.25) is 0 Å². The quantitative estimate of drug-likeness (QED) is 0.508. The Morgan fingerprint density at radius 2 is 2.58 bits per heavy atom. The molecular weight excluding hydrogens is 168 g/mol. The maximum atomic E-state index is 5.06. The van der Waals surface area contributed by atoms with E-state index in [0.717, 1.165) is 0 Å². The molecule has 0 bridgehead atoms. The Kier molecular flexibility index (Phi) is 4.22. The number of hydrogen-bond donors (Lipinski definition) is 0. The highest BCUT2D eigenvalue weighted by Crippen LogP contribution is 2.09. The minimum absolute atomic E-state index is 0.384. The first kappa shape index (κ1) is 9.05. The molecule has 12 heavy (non-hydrogen) atoms. The number of rotatable bonds is 4. The first-order valence-corrected chi connectivity index (χ1v) is 4.52. The Labute approximate surface area is 76.7 Å². The Bertz CT molecular complexity index is 267. The number of thiophene rings is 1. The fourth-order valence-corrected chi connectivity index (χ4v) is 1.38. The van der Waals surface area contributed by atoms with E-state index in [0.29, 0.717) is 13.2 Å². The summed E-state index contributed by atoms with van der Waals surface area (Å²) in [5, 5.41) is 2.04. The van der Waals surface area contributed by atoms with Crippen LogP contribution in [0.25, 0.3) is 6.08 Å². The zero-order valence-electron chi connectivity index (χ0n) is 6.69. The highest BCUT2D eigenvalue weighted by atomic mass is 32.1. The van der Waals surface area contributed by atoms with Crippen LogP contribution in [0.5, 0.6) is 0 Å². The van der Waals surface area contributed by atoms with Crippen LogP contribution < -0.4 is 0 Å². The van der Waals surface area contributed by atoms with Crippen molar-refractivity contribution in [1.82, 2.24) is 0 Å². The van der Waals surface area contributed by atoms with E-state index in [4.69, 9.17) is 11.2 Å². The molecule has 2 heteroatoms. The SMILES string of the molecule is C#CCOC/C=C/c1cccs1. The van der Waals surface area contributed by atoms with Gasteiger partial charge in [-0.3, -0.25) is 0 Å². The molecule has 0 radical (unpaired) electrons. The molecule has 0 saturated carbocycles. The standard InChI is InChI=1S/C10H10OS/c1-2-7-11-8-3-5-10-6-4-9-12-10/h1,3-6,9H,7-8H2/b5-3+. The van der Waals surface area contributed by atoms with Crippen LogP contribution in [0, 0.1) is 12.3 Å². The van der Waals surface area contributed by atoms with Gasteiger partial charge in [-0.25, -0.2) is 0 Å². The van der Waals surface area contributed by atoms with Crippen molar-refractivity contribution in [3.8, 4) is 12.3 Å². The summed E-state index contributed by atoms with van der Waals surface area (Å²) in [6.45, 7) is 0.969. The molecule has 0 amide bonds. The maximum Gasteiger partial charge on any atom is 0.107 e. The van der Waals surface area contributed by atoms with Crippen molar-refractivity contribution < 1.29 is 4.74 Å². The maximum absolute atomic E-state index is 5.06. The smallest absolute Gasteiger partial charge is 0.107 e. The molecule has 0 aliphatic heterocycles. The minimum atomic E-state index is 0.384. The minimum Gasteiger partial charge on any atom is -0.365 e. The van der Waals surface area contributed by atoms with E-state index in [1.165, 1.54) is 4.88 Å². The lowest BCUT2D eigenvalue weighted by Crippen LogP contribution is -1.89. The molecule has 0 saturated heterocycles. The van der Waals surface area contributed by atoms with Crippen LogP contribution in [0.4, 0.5) is 0 Å². The van der Waals surface area contributed by atoms with Crippen molar-refractivity contribution in [2.24, 2.45) is 0 Å². The third kappa shape index (κ3) is 3.38. The van der Waals surface area contributed by atoms with Gasteiger partial charge >= 0.3 is 0 Å². The van der Waals surface area contributed by atoms with Gasteiger partial charge in [0.05, 0.1) is 6.61 Å². The van der Waals surface area contributed by atoms with Gasteiger partial charge in [-0.1, -0.05) is 18.1 Å². The van der Waals surface area contributed by atoms with Gasteiger partial charge in [0.15, 0.2) is 0 Å². The van der Waals surface area contributed by atoms with Crippen molar-refractivity contribution in [3.63, 3.8) is 0 Å². The lowest BCUT2D eigenvalue weighted by molar-refractivity contribution is 0.200. The third-order valence-electron chi connectivity index (χ3n) is 1.22. The van der Waals surface area contributed by atoms with Crippen LogP contribution in [0.1, 0.15) is 4.88 Å². The van der Waals surface area contributed by atoms with E-state index < -0.39 is 0 Å². The average Bonchev–Trinajstić information content (AvgIpc) is 2.57. The molecule has 0 aliphatic rings. The summed E-state index contributed by atoms with van der Waals surface area (Å²) in [5.74, 6) is 2.41. The van der Waals surface area contributed by atoms with Crippen LogP contribution in [-0.2, 0) is 4.74 Å². The van der Waals surface area contributed by atoms with E-state index >= 15 is 0 Å². The van der Waals surface area contributed by atoms with E-state index in [2.05, 4.69) is 12.0 Å². The highest BCUT2D eigenvalue weighted by molar-refractivity contribution is 7.10. The second-order valence-electron chi connectivity index (χ2n) is 2.14. The summed E-state index contributed by atoms with van der Waals surface area (Å²) in [6, 6.07) is 4.08. The summed E-state index contributed by atoms with van der Waals surface area (Å²) in [7, 11) is 0. The fraction of sp³-hybridized carbons (Fsp3) is 0.200. The molecular formula is C10H10OS. The van der Waals surface area contributed by atoms with Gasteiger partial charge in [-0.05, 0) is 17.5 Å². The summed E-state index contributed by atoms with van der Waals surface area (Å²) in [4.78, 5) is 1.24. The Morgan fingerprint density at radius 1 is 1.67 bits per heavy atom. The molecule has 0 unspecified atom stereocenters. The van der Waals surface area contributed by atoms with Crippen molar-refractivity contribution in [2.75, 3.05) is 13.2 Å². The van der Waals surface area contributed by atoms with Gasteiger partial charge in [0, 0.05) is 4.88 Å². The van der Waals surface area contributed by atoms with E-state index in [1.54, 1.807) is 11.3 Å². The van der Waals surface area contributed by atoms with Gasteiger partial charge in [0.1, 0.15) is 6.61 Å². The topological polar surface area (TPSA) is 9.23 Å². The molecule has 0 fully saturated rings. The van der Waals surface area contributed by atoms with Gasteiger partial charge < -0.3 is 4.74 Å². The molecule has 0 aliphatic carbocycles. The van der Waals surface area contributed by atoms with Gasteiger partial charge in [0.25, 0.3) is 0 Å². The zero-order valence-corrected chi connectivity index (χ0v) is 7.51. The van der Waals surface area contributed by atoms with Crippen LogP contribution in [0.15, 0.2) is 23.6 Å². The third-order valence-corrected chi connectivity index (χ3v) is 2.06. The monoisotopic (exact) mass is 178 g/mol. The molecule has 0 atom stereocenters. The van der Waals surface area contributed by atoms with Gasteiger partial charge in [-0.2, -0.15) is 0 Å². The predicted octanol–water partition coefficient (Wildman–Crippen LogP) is 2.41. The van der Waals surface area contributed by atoms with Crippen LogP contribution in [0.3, 0.4) is 0 Å². The largest absolute Gasteiger partial charge is 0.365 e. The molecule has 0 N–H and O–H groups in total. The van der Waals surface area contributed by atoms with Crippen molar-refractivity contribution in [3.05, 3.63) is 28.5 Å². The normalized spacial score (nSPS) is 10.2. The molecule has 0 spiro atoms. The number of ether oxygens (including phenoxy) is 1. The Hall–Kier alpha value is -1.04. The fourth-order valence-electron chi connectivity index (χ4n) is 0.736.